The Hall–Kier alpha value is -3.48. The first-order valence-corrected chi connectivity index (χ1v) is 12.4. The summed E-state index contributed by atoms with van der Waals surface area (Å²) in [4.78, 5) is 41.8. The molecule has 5 rings (SSSR count). The van der Waals surface area contributed by atoms with E-state index in [2.05, 4.69) is 19.9 Å². The van der Waals surface area contributed by atoms with Gasteiger partial charge in [-0.15, -0.1) is 0 Å². The van der Waals surface area contributed by atoms with Crippen molar-refractivity contribution in [2.45, 2.75) is 5.92 Å². The number of thiophene rings is 1. The number of halogens is 1. The molecule has 1 aromatic carbocycles. The smallest absolute Gasteiger partial charge is 0.414 e. The molecule has 0 atom stereocenters. The lowest BCUT2D eigenvalue weighted by Crippen LogP contribution is -2.54. The molecule has 36 heavy (non-hydrogen) atoms. The van der Waals surface area contributed by atoms with Gasteiger partial charge in [0, 0.05) is 60.9 Å². The number of anilines is 1. The van der Waals surface area contributed by atoms with Crippen molar-refractivity contribution in [1.29, 1.82) is 0 Å². The van der Waals surface area contributed by atoms with Gasteiger partial charge in [-0.1, -0.05) is 16.8 Å². The lowest BCUT2D eigenvalue weighted by Gasteiger charge is -2.40. The van der Waals surface area contributed by atoms with Crippen molar-refractivity contribution in [3.8, 4) is 11.4 Å². The number of nitrogens with zero attached hydrogens (tertiary/aromatic N) is 5. The first-order chi connectivity index (χ1) is 17.3. The van der Waals surface area contributed by atoms with Crippen LogP contribution in [0.1, 0.15) is 11.8 Å². The minimum Gasteiger partial charge on any atom is -0.473 e. The van der Waals surface area contributed by atoms with Crippen LogP contribution in [0.4, 0.5) is 5.69 Å². The van der Waals surface area contributed by atoms with Crippen LogP contribution >= 0.6 is 22.9 Å². The van der Waals surface area contributed by atoms with Crippen molar-refractivity contribution < 1.29 is 29.1 Å². The summed E-state index contributed by atoms with van der Waals surface area (Å²) in [6.45, 7) is 5.16. The van der Waals surface area contributed by atoms with Crippen LogP contribution in [0.15, 0.2) is 45.6 Å². The SMILES string of the molecule is O=C(CN1CC(c2nc(-c3ccsc3)no2)C1)N1CCN(c2ccc(Cl)cc2)CC1.O=C(O)C(=O)O. The first-order valence-electron chi connectivity index (χ1n) is 11.1. The Morgan fingerprint density at radius 3 is 2.28 bits per heavy atom. The molecule has 0 aliphatic carbocycles. The van der Waals surface area contributed by atoms with Gasteiger partial charge in [-0.3, -0.25) is 9.69 Å². The molecule has 11 nitrogen and oxygen atoms in total. The molecule has 2 aromatic heterocycles. The van der Waals surface area contributed by atoms with Gasteiger partial charge in [-0.05, 0) is 35.7 Å². The fourth-order valence-electron chi connectivity index (χ4n) is 3.92. The molecule has 13 heteroatoms. The van der Waals surface area contributed by atoms with Crippen LogP contribution in [-0.4, -0.2) is 93.8 Å². The Bertz CT molecular complexity index is 1180. The second-order valence-electron chi connectivity index (χ2n) is 8.31. The van der Waals surface area contributed by atoms with Crippen LogP contribution < -0.4 is 4.90 Å². The van der Waals surface area contributed by atoms with Crippen molar-refractivity contribution in [1.82, 2.24) is 19.9 Å². The number of amides is 1. The number of likely N-dealkylation sites (tertiary alicyclic amines) is 1. The molecule has 0 bridgehead atoms. The van der Waals surface area contributed by atoms with Crippen LogP contribution in [0.2, 0.25) is 5.02 Å². The predicted molar refractivity (Wildman–Crippen MR) is 132 cm³/mol. The number of carboxylic acid groups (broad SMARTS) is 2. The highest BCUT2D eigenvalue weighted by atomic mass is 35.5. The number of hydrogen-bond acceptors (Lipinski definition) is 9. The fourth-order valence-corrected chi connectivity index (χ4v) is 4.68. The Labute approximate surface area is 215 Å². The summed E-state index contributed by atoms with van der Waals surface area (Å²) in [5.41, 5.74) is 2.14. The number of carboxylic acids is 2. The number of piperazine rings is 1. The third kappa shape index (κ3) is 6.39. The van der Waals surface area contributed by atoms with Gasteiger partial charge >= 0.3 is 11.9 Å². The van der Waals surface area contributed by atoms with E-state index in [0.29, 0.717) is 18.3 Å². The molecule has 0 saturated carbocycles. The van der Waals surface area contributed by atoms with Crippen molar-refractivity contribution >= 4 is 46.5 Å². The third-order valence-electron chi connectivity index (χ3n) is 5.89. The number of hydrogen-bond donors (Lipinski definition) is 2. The molecule has 2 aliphatic rings. The monoisotopic (exact) mass is 533 g/mol. The standard InChI is InChI=1S/C21H22ClN5O2S.C2H2O4/c22-17-1-3-18(4-2-17)26-6-8-27(9-7-26)19(28)13-25-11-16(12-25)21-23-20(24-29-21)15-5-10-30-14-15;3-1(4)2(5)6/h1-5,10,14,16H,6-9,11-13H2;(H,3,4)(H,5,6). The lowest BCUT2D eigenvalue weighted by atomic mass is 10.00. The summed E-state index contributed by atoms with van der Waals surface area (Å²) in [6, 6.07) is 9.85. The summed E-state index contributed by atoms with van der Waals surface area (Å²) in [7, 11) is 0. The summed E-state index contributed by atoms with van der Waals surface area (Å²) >= 11 is 7.58. The van der Waals surface area contributed by atoms with E-state index in [1.54, 1.807) is 11.3 Å². The maximum Gasteiger partial charge on any atom is 0.414 e. The van der Waals surface area contributed by atoms with Crippen molar-refractivity contribution in [3.05, 3.63) is 52.0 Å². The molecule has 2 aliphatic heterocycles. The van der Waals surface area contributed by atoms with Gasteiger partial charge in [0.05, 0.1) is 12.5 Å². The second-order valence-corrected chi connectivity index (χ2v) is 9.53. The zero-order valence-electron chi connectivity index (χ0n) is 19.1. The lowest BCUT2D eigenvalue weighted by molar-refractivity contribution is -0.159. The van der Waals surface area contributed by atoms with E-state index in [1.165, 1.54) is 0 Å². The first kappa shape index (κ1) is 25.6. The van der Waals surface area contributed by atoms with E-state index >= 15 is 0 Å². The Balaban J connectivity index is 0.000000455. The molecule has 2 fully saturated rings. The maximum absolute atomic E-state index is 12.7. The minimum absolute atomic E-state index is 0.189. The molecular weight excluding hydrogens is 510 g/mol. The topological polar surface area (TPSA) is 140 Å². The highest BCUT2D eigenvalue weighted by Crippen LogP contribution is 2.28. The van der Waals surface area contributed by atoms with E-state index in [4.69, 9.17) is 35.9 Å². The van der Waals surface area contributed by atoms with Gasteiger partial charge in [0.25, 0.3) is 0 Å². The molecule has 2 N–H and O–H groups in total. The second kappa shape index (κ2) is 11.5. The number of aromatic nitrogens is 2. The van der Waals surface area contributed by atoms with Crippen molar-refractivity contribution in [2.24, 2.45) is 0 Å². The molecule has 190 valence electrons. The summed E-state index contributed by atoms with van der Waals surface area (Å²) in [5, 5.41) is 23.6. The molecule has 2 saturated heterocycles. The zero-order valence-corrected chi connectivity index (χ0v) is 20.7. The number of aliphatic carboxylic acids is 2. The van der Waals surface area contributed by atoms with E-state index in [-0.39, 0.29) is 11.8 Å². The third-order valence-corrected chi connectivity index (χ3v) is 6.83. The van der Waals surface area contributed by atoms with Gasteiger partial charge in [-0.25, -0.2) is 9.59 Å². The van der Waals surface area contributed by atoms with Crippen LogP contribution in [0.5, 0.6) is 0 Å². The molecular formula is C23H24ClN5O6S. The van der Waals surface area contributed by atoms with Gasteiger partial charge in [0.15, 0.2) is 0 Å². The van der Waals surface area contributed by atoms with Crippen molar-refractivity contribution in [3.63, 3.8) is 0 Å². The predicted octanol–water partition coefficient (Wildman–Crippen LogP) is 2.36. The molecule has 1 amide bonds. The van der Waals surface area contributed by atoms with Crippen LogP contribution in [0.3, 0.4) is 0 Å². The molecule has 0 radical (unpaired) electrons. The van der Waals surface area contributed by atoms with Crippen LogP contribution in [0.25, 0.3) is 11.4 Å². The normalized spacial score (nSPS) is 16.1. The van der Waals surface area contributed by atoms with E-state index in [0.717, 1.165) is 55.5 Å². The average molecular weight is 534 g/mol. The summed E-state index contributed by atoms with van der Waals surface area (Å²) < 4.78 is 5.43. The Morgan fingerprint density at radius 2 is 1.69 bits per heavy atom. The van der Waals surface area contributed by atoms with Gasteiger partial charge in [-0.2, -0.15) is 16.3 Å². The van der Waals surface area contributed by atoms with Crippen LogP contribution in [0, 0.1) is 0 Å². The number of rotatable bonds is 5. The zero-order chi connectivity index (χ0) is 25.7. The Morgan fingerprint density at radius 1 is 1.03 bits per heavy atom. The fraction of sp³-hybridized carbons (Fsp3) is 0.348. The summed E-state index contributed by atoms with van der Waals surface area (Å²) in [5.74, 6) is -1.95. The van der Waals surface area contributed by atoms with E-state index < -0.39 is 11.9 Å². The van der Waals surface area contributed by atoms with Crippen molar-refractivity contribution in [2.75, 3.05) is 50.7 Å². The minimum atomic E-state index is -1.82. The molecule has 0 spiro atoms. The number of benzene rings is 1. The summed E-state index contributed by atoms with van der Waals surface area (Å²) in [6.07, 6.45) is 0. The molecule has 0 unspecified atom stereocenters. The molecule has 4 heterocycles. The number of carbonyl (C=O) groups excluding carboxylic acids is 1. The van der Waals surface area contributed by atoms with Gasteiger partial charge in [0.1, 0.15) is 0 Å². The van der Waals surface area contributed by atoms with Crippen LogP contribution in [-0.2, 0) is 14.4 Å². The van der Waals surface area contributed by atoms with E-state index in [9.17, 15) is 4.79 Å². The van der Waals surface area contributed by atoms with Gasteiger partial charge in [0.2, 0.25) is 17.6 Å². The van der Waals surface area contributed by atoms with E-state index in [1.807, 2.05) is 46.0 Å². The molecule has 3 aromatic rings. The average Bonchev–Trinajstić information content (AvgIpc) is 3.54. The largest absolute Gasteiger partial charge is 0.473 e. The Kier molecular flexibility index (Phi) is 8.18. The number of carbonyl (C=O) groups is 3. The highest BCUT2D eigenvalue weighted by Gasteiger charge is 2.35. The quantitative estimate of drug-likeness (QED) is 0.469. The highest BCUT2D eigenvalue weighted by molar-refractivity contribution is 7.08. The van der Waals surface area contributed by atoms with Gasteiger partial charge < -0.3 is 24.5 Å². The maximum atomic E-state index is 12.7.